The molecule has 3 aliphatic heterocycles. The minimum absolute atomic E-state index is 0.403. The van der Waals surface area contributed by atoms with E-state index in [0.29, 0.717) is 25.9 Å². The zero-order chi connectivity index (χ0) is 15.3. The van der Waals surface area contributed by atoms with Gasteiger partial charge in [-0.15, -0.1) is 0 Å². The summed E-state index contributed by atoms with van der Waals surface area (Å²) in [5.74, 6) is -4.32. The van der Waals surface area contributed by atoms with Crippen LogP contribution in [0, 0.1) is 0 Å². The topological polar surface area (TPSA) is 85.4 Å². The molecule has 3 rings (SSSR count). The second kappa shape index (κ2) is 4.54. The smallest absolute Gasteiger partial charge is 0.371 e. The fourth-order valence-corrected chi connectivity index (χ4v) is 2.95. The summed E-state index contributed by atoms with van der Waals surface area (Å²) >= 11 is 0. The Bertz CT molecular complexity index is 515. The first-order valence-electron chi connectivity index (χ1n) is 6.68. The predicted octanol–water partition coefficient (Wildman–Crippen LogP) is -0.793. The fraction of sp³-hybridized carbons (Fsp3) is 0.615. The number of piperidine rings is 1. The van der Waals surface area contributed by atoms with Crippen molar-refractivity contribution in [3.05, 3.63) is 12.2 Å². The Labute approximate surface area is 121 Å². The molecule has 2 fully saturated rings. The number of likely N-dealkylation sites (tertiary alicyclic amines) is 1. The van der Waals surface area contributed by atoms with Gasteiger partial charge in [-0.1, -0.05) is 0 Å². The van der Waals surface area contributed by atoms with E-state index in [0.717, 1.165) is 17.2 Å². The van der Waals surface area contributed by atoms with Gasteiger partial charge in [0.15, 0.2) is 5.60 Å². The highest BCUT2D eigenvalue weighted by Gasteiger charge is 2.72. The minimum Gasteiger partial charge on any atom is -0.407 e. The number of hydroxylamine groups is 2. The number of esters is 2. The molecular weight excluding hydrogens is 280 g/mol. The number of rotatable bonds is 0. The Morgan fingerprint density at radius 2 is 1.52 bits per heavy atom. The monoisotopic (exact) mass is 296 g/mol. The van der Waals surface area contributed by atoms with Crippen molar-refractivity contribution in [1.29, 1.82) is 0 Å². The molecule has 0 bridgehead atoms. The van der Waals surface area contributed by atoms with E-state index in [4.69, 9.17) is 14.3 Å². The third-order valence-electron chi connectivity index (χ3n) is 4.12. The van der Waals surface area contributed by atoms with Gasteiger partial charge in [0, 0.05) is 45.1 Å². The maximum absolute atomic E-state index is 12.5. The van der Waals surface area contributed by atoms with Gasteiger partial charge in [0.25, 0.3) is 0 Å². The molecule has 8 nitrogen and oxygen atoms in total. The van der Waals surface area contributed by atoms with Crippen LogP contribution in [0.4, 0.5) is 0 Å². The summed E-state index contributed by atoms with van der Waals surface area (Å²) in [6.45, 7) is 1.26. The van der Waals surface area contributed by atoms with E-state index in [-0.39, 0.29) is 0 Å². The van der Waals surface area contributed by atoms with Gasteiger partial charge in [0.1, 0.15) is 0 Å². The van der Waals surface area contributed by atoms with E-state index >= 15 is 0 Å². The number of hydrogen-bond acceptors (Lipinski definition) is 7. The molecule has 1 amide bonds. The van der Waals surface area contributed by atoms with Crippen molar-refractivity contribution < 1.29 is 28.7 Å². The number of ether oxygens (including phenoxy) is 2. The van der Waals surface area contributed by atoms with Crippen molar-refractivity contribution in [2.24, 2.45) is 0 Å². The molecule has 0 N–H and O–H groups in total. The Morgan fingerprint density at radius 3 is 2.05 bits per heavy atom. The van der Waals surface area contributed by atoms with E-state index in [1.54, 1.807) is 0 Å². The molecule has 21 heavy (non-hydrogen) atoms. The second-order valence-electron chi connectivity index (χ2n) is 5.48. The van der Waals surface area contributed by atoms with Crippen molar-refractivity contribution in [2.45, 2.75) is 24.2 Å². The number of nitrogens with zero attached hydrogens (tertiary/aromatic N) is 2. The summed E-state index contributed by atoms with van der Waals surface area (Å²) in [7, 11) is 3.35. The molecule has 0 aliphatic carbocycles. The lowest BCUT2D eigenvalue weighted by Crippen LogP contribution is -2.62. The molecule has 114 valence electrons. The van der Waals surface area contributed by atoms with E-state index in [1.807, 2.05) is 7.05 Å². The molecule has 0 aromatic heterocycles. The number of carbonyl (C=O) groups excluding carboxylic acids is 3. The Kier molecular flexibility index (Phi) is 3.03. The van der Waals surface area contributed by atoms with Gasteiger partial charge in [-0.3, -0.25) is 9.63 Å². The van der Waals surface area contributed by atoms with Crippen molar-refractivity contribution in [3.63, 3.8) is 0 Å². The molecule has 2 saturated heterocycles. The second-order valence-corrected chi connectivity index (χ2v) is 5.48. The van der Waals surface area contributed by atoms with Gasteiger partial charge < -0.3 is 14.4 Å². The molecule has 0 radical (unpaired) electrons. The molecular formula is C13H16N2O6. The SMILES string of the molecule is CN1CCC2(CC1)ON(C)C(=O)C21OC(=O)C=CC(=O)O1. The highest BCUT2D eigenvalue weighted by molar-refractivity contribution is 5.99. The lowest BCUT2D eigenvalue weighted by molar-refractivity contribution is -0.283. The molecule has 0 aromatic carbocycles. The molecule has 0 saturated carbocycles. The predicted molar refractivity (Wildman–Crippen MR) is 67.4 cm³/mol. The number of carbonyl (C=O) groups is 3. The average Bonchev–Trinajstić information content (AvgIpc) is 2.56. The van der Waals surface area contributed by atoms with E-state index in [1.165, 1.54) is 7.05 Å². The Morgan fingerprint density at radius 1 is 1.00 bits per heavy atom. The van der Waals surface area contributed by atoms with Crippen LogP contribution in [0.3, 0.4) is 0 Å². The van der Waals surface area contributed by atoms with Gasteiger partial charge in [-0.05, 0) is 7.05 Å². The number of hydrogen-bond donors (Lipinski definition) is 0. The van der Waals surface area contributed by atoms with Crippen LogP contribution in [-0.4, -0.2) is 66.4 Å². The summed E-state index contributed by atoms with van der Waals surface area (Å²) in [6, 6.07) is 0. The van der Waals surface area contributed by atoms with Crippen LogP contribution in [0.25, 0.3) is 0 Å². The van der Waals surface area contributed by atoms with Crippen molar-refractivity contribution in [2.75, 3.05) is 27.2 Å². The van der Waals surface area contributed by atoms with Gasteiger partial charge in [0.05, 0.1) is 0 Å². The standard InChI is InChI=1S/C13H16N2O6/c1-14-7-5-12(6-8-14)13(11(18)15(2)21-12)19-9(16)3-4-10(17)20-13/h3-4H,5-8H2,1-2H3. The molecule has 8 heteroatoms. The van der Waals surface area contributed by atoms with Crippen LogP contribution in [0.2, 0.25) is 0 Å². The molecule has 3 heterocycles. The molecule has 0 atom stereocenters. The first kappa shape index (κ1) is 14.0. The fourth-order valence-electron chi connectivity index (χ4n) is 2.95. The van der Waals surface area contributed by atoms with Crippen LogP contribution >= 0.6 is 0 Å². The average molecular weight is 296 g/mol. The van der Waals surface area contributed by atoms with Gasteiger partial charge in [-0.25, -0.2) is 14.7 Å². The van der Waals surface area contributed by atoms with Crippen molar-refractivity contribution in [1.82, 2.24) is 9.96 Å². The van der Waals surface area contributed by atoms with Gasteiger partial charge in [0.2, 0.25) is 0 Å². The van der Waals surface area contributed by atoms with Crippen LogP contribution < -0.4 is 0 Å². The molecule has 2 spiro atoms. The number of likely N-dealkylation sites (N-methyl/N-ethyl adjacent to an activating group) is 1. The van der Waals surface area contributed by atoms with Crippen LogP contribution in [0.5, 0.6) is 0 Å². The summed E-state index contributed by atoms with van der Waals surface area (Å²) < 4.78 is 10.5. The van der Waals surface area contributed by atoms with E-state index in [9.17, 15) is 14.4 Å². The van der Waals surface area contributed by atoms with Crippen LogP contribution in [0.1, 0.15) is 12.8 Å². The van der Waals surface area contributed by atoms with Gasteiger partial charge >= 0.3 is 23.6 Å². The third-order valence-corrected chi connectivity index (χ3v) is 4.12. The minimum atomic E-state index is -2.04. The van der Waals surface area contributed by atoms with Crippen molar-refractivity contribution >= 4 is 17.8 Å². The van der Waals surface area contributed by atoms with E-state index in [2.05, 4.69) is 4.90 Å². The summed E-state index contributed by atoms with van der Waals surface area (Å²) in [5.41, 5.74) is -1.18. The third kappa shape index (κ3) is 1.94. The van der Waals surface area contributed by atoms with Crippen molar-refractivity contribution in [3.8, 4) is 0 Å². The first-order valence-corrected chi connectivity index (χ1v) is 6.68. The number of fused-ring (bicyclic) bond motifs is 1. The highest BCUT2D eigenvalue weighted by atomic mass is 16.8. The lowest BCUT2D eigenvalue weighted by atomic mass is 9.83. The normalized spacial score (nSPS) is 27.9. The zero-order valence-electron chi connectivity index (χ0n) is 11.8. The molecule has 3 aliphatic rings. The summed E-state index contributed by atoms with van der Waals surface area (Å²) in [6.07, 6.45) is 2.71. The maximum Gasteiger partial charge on any atom is 0.371 e. The quantitative estimate of drug-likeness (QED) is 0.541. The first-order chi connectivity index (χ1) is 9.88. The molecule has 0 unspecified atom stereocenters. The number of amides is 1. The van der Waals surface area contributed by atoms with Gasteiger partial charge in [-0.2, -0.15) is 0 Å². The van der Waals surface area contributed by atoms with E-state index < -0.39 is 29.2 Å². The lowest BCUT2D eigenvalue weighted by Gasteiger charge is -2.42. The summed E-state index contributed by atoms with van der Waals surface area (Å²) in [5, 5.41) is 0.983. The molecule has 0 aromatic rings. The highest BCUT2D eigenvalue weighted by Crippen LogP contribution is 2.46. The summed E-state index contributed by atoms with van der Waals surface area (Å²) in [4.78, 5) is 43.7. The van der Waals surface area contributed by atoms with Crippen LogP contribution in [0.15, 0.2) is 12.2 Å². The largest absolute Gasteiger partial charge is 0.407 e. The Balaban J connectivity index is 2.05. The maximum atomic E-state index is 12.5. The zero-order valence-corrected chi connectivity index (χ0v) is 11.8. The Hall–Kier alpha value is -1.93. The van der Waals surface area contributed by atoms with Crippen LogP contribution in [-0.2, 0) is 28.7 Å².